The first-order valence-electron chi connectivity index (χ1n) is 10.6. The van der Waals surface area contributed by atoms with E-state index in [0.717, 1.165) is 42.3 Å². The number of rotatable bonds is 9. The molecular weight excluding hydrogens is 408 g/mol. The molecule has 3 atom stereocenters. The lowest BCUT2D eigenvalue weighted by Gasteiger charge is -2.23. The van der Waals surface area contributed by atoms with E-state index >= 15 is 0 Å². The van der Waals surface area contributed by atoms with Gasteiger partial charge in [0.2, 0.25) is 6.79 Å². The van der Waals surface area contributed by atoms with E-state index in [4.69, 9.17) is 23.7 Å². The quantitative estimate of drug-likeness (QED) is 0.465. The third-order valence-corrected chi connectivity index (χ3v) is 6.30. The number of benzene rings is 1. The second-order valence-electron chi connectivity index (χ2n) is 8.14. The smallest absolute Gasteiger partial charge is 0.407 e. The van der Waals surface area contributed by atoms with Crippen LogP contribution in [0.3, 0.4) is 0 Å². The highest BCUT2D eigenvalue weighted by Gasteiger charge is 2.43. The van der Waals surface area contributed by atoms with Crippen molar-refractivity contribution in [1.82, 2.24) is 9.62 Å². The number of nitrogens with zero attached hydrogens (tertiary/aromatic N) is 1. The normalized spacial score (nSPS) is 24.5. The van der Waals surface area contributed by atoms with Crippen molar-refractivity contribution in [3.8, 4) is 11.5 Å². The van der Waals surface area contributed by atoms with Gasteiger partial charge in [-0.2, -0.15) is 0 Å². The van der Waals surface area contributed by atoms with Crippen LogP contribution >= 0.6 is 11.9 Å². The minimum Gasteiger partial charge on any atom is -0.454 e. The number of hydrogen-bond acceptors (Lipinski definition) is 8. The zero-order valence-electron chi connectivity index (χ0n) is 17.5. The molecule has 2 fully saturated rings. The third kappa shape index (κ3) is 5.51. The van der Waals surface area contributed by atoms with E-state index in [1.165, 1.54) is 0 Å². The molecule has 1 N–H and O–H groups in total. The lowest BCUT2D eigenvalue weighted by molar-refractivity contribution is -0.0907. The van der Waals surface area contributed by atoms with Crippen LogP contribution in [-0.4, -0.2) is 62.4 Å². The molecule has 3 heterocycles. The molecule has 9 heteroatoms. The van der Waals surface area contributed by atoms with E-state index in [2.05, 4.69) is 23.5 Å². The van der Waals surface area contributed by atoms with Gasteiger partial charge in [-0.15, -0.1) is 0 Å². The molecule has 3 aliphatic rings. The minimum absolute atomic E-state index is 0.162. The summed E-state index contributed by atoms with van der Waals surface area (Å²) in [4.78, 5) is 13.2. The molecule has 0 bridgehead atoms. The van der Waals surface area contributed by atoms with Crippen molar-refractivity contribution in [2.24, 2.45) is 11.8 Å². The van der Waals surface area contributed by atoms with Gasteiger partial charge in [0.1, 0.15) is 6.10 Å². The van der Waals surface area contributed by atoms with E-state index < -0.39 is 0 Å². The molecule has 4 rings (SSSR count). The van der Waals surface area contributed by atoms with Crippen molar-refractivity contribution in [3.05, 3.63) is 18.2 Å². The molecule has 0 aliphatic carbocycles. The summed E-state index contributed by atoms with van der Waals surface area (Å²) in [6.07, 6.45) is 0.909. The van der Waals surface area contributed by atoms with Crippen molar-refractivity contribution in [2.45, 2.75) is 44.0 Å². The molecular formula is C21H30N2O6S. The van der Waals surface area contributed by atoms with Gasteiger partial charge in [0.15, 0.2) is 17.8 Å². The number of hydrogen-bond donors (Lipinski definition) is 1. The van der Waals surface area contributed by atoms with E-state index in [0.29, 0.717) is 25.7 Å². The standard InChI is InChI=1S/C21H30N2O6S/c1-14(2)11-23(30-15-4-5-17-18(10-15)28-13-27-17)8-3-7-22-21(24)29-19-12-26-20-16(19)6-9-25-20/h4-5,10,14,16,19-20H,3,6-9,11-13H2,1-2H3,(H,22,24)/t16?,19-,20+/m0/s1. The summed E-state index contributed by atoms with van der Waals surface area (Å²) < 4.78 is 29.7. The lowest BCUT2D eigenvalue weighted by atomic mass is 10.0. The Labute approximate surface area is 181 Å². The molecule has 0 spiro atoms. The first-order valence-corrected chi connectivity index (χ1v) is 11.4. The highest BCUT2D eigenvalue weighted by Crippen LogP contribution is 2.37. The first kappa shape index (κ1) is 21.5. The van der Waals surface area contributed by atoms with Gasteiger partial charge in [-0.3, -0.25) is 0 Å². The summed E-state index contributed by atoms with van der Waals surface area (Å²) in [5.41, 5.74) is 0. The van der Waals surface area contributed by atoms with Crippen LogP contribution in [0.4, 0.5) is 4.79 Å². The van der Waals surface area contributed by atoms with Gasteiger partial charge in [0.25, 0.3) is 0 Å². The average molecular weight is 439 g/mol. The molecule has 1 aromatic carbocycles. The fourth-order valence-corrected chi connectivity index (χ4v) is 5.02. The van der Waals surface area contributed by atoms with E-state index in [1.807, 2.05) is 18.2 Å². The largest absolute Gasteiger partial charge is 0.454 e. The molecule has 3 aliphatic heterocycles. The predicted molar refractivity (Wildman–Crippen MR) is 112 cm³/mol. The second-order valence-corrected chi connectivity index (χ2v) is 9.31. The third-order valence-electron chi connectivity index (χ3n) is 5.24. The fraction of sp³-hybridized carbons (Fsp3) is 0.667. The molecule has 1 amide bonds. The maximum Gasteiger partial charge on any atom is 0.407 e. The maximum absolute atomic E-state index is 12.1. The van der Waals surface area contributed by atoms with E-state index in [-0.39, 0.29) is 31.2 Å². The number of ether oxygens (including phenoxy) is 5. The Morgan fingerprint density at radius 3 is 3.03 bits per heavy atom. The Kier molecular flexibility index (Phi) is 7.24. The molecule has 0 aromatic heterocycles. The Morgan fingerprint density at radius 1 is 1.30 bits per heavy atom. The highest BCUT2D eigenvalue weighted by molar-refractivity contribution is 7.97. The summed E-state index contributed by atoms with van der Waals surface area (Å²) in [6.45, 7) is 8.13. The number of alkyl carbamates (subject to hydrolysis) is 1. The molecule has 1 unspecified atom stereocenters. The van der Waals surface area contributed by atoms with Crippen LogP contribution in [0.25, 0.3) is 0 Å². The molecule has 8 nitrogen and oxygen atoms in total. The van der Waals surface area contributed by atoms with Gasteiger partial charge in [-0.05, 0) is 48.9 Å². The van der Waals surface area contributed by atoms with Crippen molar-refractivity contribution in [3.63, 3.8) is 0 Å². The van der Waals surface area contributed by atoms with Gasteiger partial charge in [-0.25, -0.2) is 9.10 Å². The Bertz CT molecular complexity index is 733. The van der Waals surface area contributed by atoms with Crippen molar-refractivity contribution in [1.29, 1.82) is 0 Å². The summed E-state index contributed by atoms with van der Waals surface area (Å²) in [5.74, 6) is 2.28. The van der Waals surface area contributed by atoms with E-state index in [1.54, 1.807) is 11.9 Å². The molecule has 1 aromatic rings. The van der Waals surface area contributed by atoms with Gasteiger partial charge in [-0.1, -0.05) is 13.8 Å². The van der Waals surface area contributed by atoms with Crippen molar-refractivity contribution < 1.29 is 28.5 Å². The monoisotopic (exact) mass is 438 g/mol. The summed E-state index contributed by atoms with van der Waals surface area (Å²) >= 11 is 1.70. The van der Waals surface area contributed by atoms with Crippen LogP contribution in [-0.2, 0) is 14.2 Å². The second kappa shape index (κ2) is 10.1. The van der Waals surface area contributed by atoms with Gasteiger partial charge in [0.05, 0.1) is 19.1 Å². The molecule has 166 valence electrons. The SMILES string of the molecule is CC(C)CN(CCCNC(=O)O[C@H]1CO[C@H]2OCCC21)Sc1ccc2c(c1)OCO2. The van der Waals surface area contributed by atoms with Crippen LogP contribution in [0.2, 0.25) is 0 Å². The van der Waals surface area contributed by atoms with Crippen LogP contribution < -0.4 is 14.8 Å². The number of nitrogens with one attached hydrogen (secondary N) is 1. The average Bonchev–Trinajstić information content (AvgIpc) is 3.42. The molecule has 0 saturated carbocycles. The first-order chi connectivity index (χ1) is 14.6. The number of carbonyl (C=O) groups is 1. The Hall–Kier alpha value is -1.68. The molecule has 30 heavy (non-hydrogen) atoms. The number of carbonyl (C=O) groups excluding carboxylic acids is 1. The van der Waals surface area contributed by atoms with Gasteiger partial charge >= 0.3 is 6.09 Å². The minimum atomic E-state index is -0.380. The summed E-state index contributed by atoms with van der Waals surface area (Å²) in [6, 6.07) is 6.01. The molecule has 2 saturated heterocycles. The fourth-order valence-electron chi connectivity index (χ4n) is 3.84. The topological polar surface area (TPSA) is 78.5 Å². The van der Waals surface area contributed by atoms with Crippen molar-refractivity contribution >= 4 is 18.0 Å². The van der Waals surface area contributed by atoms with Gasteiger partial charge in [0, 0.05) is 24.5 Å². The maximum atomic E-state index is 12.1. The van der Waals surface area contributed by atoms with Crippen LogP contribution in [0, 0.1) is 11.8 Å². The van der Waals surface area contributed by atoms with Crippen LogP contribution in [0.1, 0.15) is 26.7 Å². The Morgan fingerprint density at radius 2 is 2.17 bits per heavy atom. The zero-order chi connectivity index (χ0) is 20.9. The summed E-state index contributed by atoms with van der Waals surface area (Å²) in [5, 5.41) is 2.87. The van der Waals surface area contributed by atoms with Crippen molar-refractivity contribution in [2.75, 3.05) is 39.6 Å². The van der Waals surface area contributed by atoms with Crippen LogP contribution in [0.15, 0.2) is 23.1 Å². The van der Waals surface area contributed by atoms with E-state index in [9.17, 15) is 4.79 Å². The number of fused-ring (bicyclic) bond motifs is 2. The zero-order valence-corrected chi connectivity index (χ0v) is 18.3. The van der Waals surface area contributed by atoms with Gasteiger partial charge < -0.3 is 29.0 Å². The molecule has 0 radical (unpaired) electrons. The number of amides is 1. The highest BCUT2D eigenvalue weighted by atomic mass is 32.2. The lowest BCUT2D eigenvalue weighted by Crippen LogP contribution is -2.34. The van der Waals surface area contributed by atoms with Crippen LogP contribution in [0.5, 0.6) is 11.5 Å². The summed E-state index contributed by atoms with van der Waals surface area (Å²) in [7, 11) is 0. The Balaban J connectivity index is 1.19. The predicted octanol–water partition coefficient (Wildman–Crippen LogP) is 3.26.